The van der Waals surface area contributed by atoms with Crippen LogP contribution in [0.1, 0.15) is 36.0 Å². The molecule has 2 saturated heterocycles. The standard InChI is InChI=1S/C13H16N2O2S/c16-11-1-3-13(14-11)4-6-15(7-5-13)12(17)10-2-8-18-9-10/h2,8-9H,1,3-7H2,(H,14,16). The van der Waals surface area contributed by atoms with Gasteiger partial charge in [-0.15, -0.1) is 0 Å². The van der Waals surface area contributed by atoms with Crippen molar-refractivity contribution < 1.29 is 9.59 Å². The number of hydrogen-bond acceptors (Lipinski definition) is 3. The minimum Gasteiger partial charge on any atom is -0.351 e. The van der Waals surface area contributed by atoms with Crippen molar-refractivity contribution in [2.75, 3.05) is 13.1 Å². The molecule has 0 bridgehead atoms. The summed E-state index contributed by atoms with van der Waals surface area (Å²) in [6, 6.07) is 1.87. The second kappa shape index (κ2) is 4.39. The van der Waals surface area contributed by atoms with Crippen molar-refractivity contribution >= 4 is 23.2 Å². The molecule has 4 nitrogen and oxygen atoms in total. The zero-order chi connectivity index (χ0) is 12.6. The first-order valence-electron chi connectivity index (χ1n) is 6.31. The van der Waals surface area contributed by atoms with Gasteiger partial charge in [-0.25, -0.2) is 0 Å². The fraction of sp³-hybridized carbons (Fsp3) is 0.538. The van der Waals surface area contributed by atoms with Crippen LogP contribution < -0.4 is 5.32 Å². The smallest absolute Gasteiger partial charge is 0.254 e. The molecule has 0 aromatic carbocycles. The number of hydrogen-bond donors (Lipinski definition) is 1. The molecule has 2 aliphatic rings. The zero-order valence-electron chi connectivity index (χ0n) is 10.1. The Labute approximate surface area is 110 Å². The van der Waals surface area contributed by atoms with Gasteiger partial charge in [-0.3, -0.25) is 9.59 Å². The average Bonchev–Trinajstić information content (AvgIpc) is 3.00. The molecule has 0 radical (unpaired) electrons. The molecule has 5 heteroatoms. The van der Waals surface area contributed by atoms with Crippen molar-refractivity contribution in [1.82, 2.24) is 10.2 Å². The summed E-state index contributed by atoms with van der Waals surface area (Å²) in [5, 5.41) is 6.91. The van der Waals surface area contributed by atoms with Crippen LogP contribution >= 0.6 is 11.3 Å². The first-order valence-corrected chi connectivity index (χ1v) is 7.25. The molecule has 2 fully saturated rings. The number of carbonyl (C=O) groups excluding carboxylic acids is 2. The number of likely N-dealkylation sites (tertiary alicyclic amines) is 1. The van der Waals surface area contributed by atoms with E-state index in [9.17, 15) is 9.59 Å². The predicted molar refractivity (Wildman–Crippen MR) is 69.6 cm³/mol. The molecule has 0 atom stereocenters. The van der Waals surface area contributed by atoms with Crippen LogP contribution in [0.4, 0.5) is 0 Å². The van der Waals surface area contributed by atoms with Crippen molar-refractivity contribution in [3.05, 3.63) is 22.4 Å². The Balaban J connectivity index is 1.64. The highest BCUT2D eigenvalue weighted by molar-refractivity contribution is 7.08. The van der Waals surface area contributed by atoms with Gasteiger partial charge in [0.15, 0.2) is 0 Å². The molecule has 0 saturated carbocycles. The van der Waals surface area contributed by atoms with E-state index < -0.39 is 0 Å². The highest BCUT2D eigenvalue weighted by Crippen LogP contribution is 2.31. The van der Waals surface area contributed by atoms with Gasteiger partial charge in [0.05, 0.1) is 5.56 Å². The van der Waals surface area contributed by atoms with Crippen molar-refractivity contribution in [2.45, 2.75) is 31.2 Å². The van der Waals surface area contributed by atoms with Crippen LogP contribution in [0.2, 0.25) is 0 Å². The summed E-state index contributed by atoms with van der Waals surface area (Å²) in [6.07, 6.45) is 3.33. The molecule has 3 heterocycles. The number of nitrogens with zero attached hydrogens (tertiary/aromatic N) is 1. The maximum Gasteiger partial charge on any atom is 0.254 e. The van der Waals surface area contributed by atoms with Gasteiger partial charge in [-0.2, -0.15) is 11.3 Å². The van der Waals surface area contributed by atoms with Crippen LogP contribution in [0.25, 0.3) is 0 Å². The van der Waals surface area contributed by atoms with Gasteiger partial charge in [0.25, 0.3) is 5.91 Å². The number of rotatable bonds is 1. The van der Waals surface area contributed by atoms with Crippen LogP contribution in [0, 0.1) is 0 Å². The largest absolute Gasteiger partial charge is 0.351 e. The molecule has 1 N–H and O–H groups in total. The Kier molecular flexibility index (Phi) is 2.86. The Bertz CT molecular complexity index is 461. The highest BCUT2D eigenvalue weighted by Gasteiger charge is 2.41. The first-order chi connectivity index (χ1) is 8.69. The van der Waals surface area contributed by atoms with E-state index in [4.69, 9.17) is 0 Å². The molecule has 1 aromatic heterocycles. The van der Waals surface area contributed by atoms with Gasteiger partial charge < -0.3 is 10.2 Å². The molecule has 1 spiro atoms. The van der Waals surface area contributed by atoms with Crippen molar-refractivity contribution in [2.24, 2.45) is 0 Å². The number of nitrogens with one attached hydrogen (secondary N) is 1. The lowest BCUT2D eigenvalue weighted by molar-refractivity contribution is -0.120. The lowest BCUT2D eigenvalue weighted by Gasteiger charge is -2.39. The van der Waals surface area contributed by atoms with Crippen LogP contribution in [0.5, 0.6) is 0 Å². The van der Waals surface area contributed by atoms with E-state index in [1.54, 1.807) is 11.3 Å². The fourth-order valence-electron chi connectivity index (χ4n) is 2.86. The van der Waals surface area contributed by atoms with E-state index >= 15 is 0 Å². The quantitative estimate of drug-likeness (QED) is 0.838. The third kappa shape index (κ3) is 2.03. The lowest BCUT2D eigenvalue weighted by atomic mass is 9.86. The number of carbonyl (C=O) groups is 2. The van der Waals surface area contributed by atoms with Crippen LogP contribution in [0.3, 0.4) is 0 Å². The van der Waals surface area contributed by atoms with Crippen LogP contribution in [-0.2, 0) is 4.79 Å². The van der Waals surface area contributed by atoms with Gasteiger partial charge in [-0.05, 0) is 30.7 Å². The van der Waals surface area contributed by atoms with E-state index in [2.05, 4.69) is 5.32 Å². The van der Waals surface area contributed by atoms with E-state index in [0.717, 1.165) is 37.9 Å². The maximum atomic E-state index is 12.2. The molecular formula is C13H16N2O2S. The molecule has 0 unspecified atom stereocenters. The Morgan fingerprint density at radius 3 is 2.67 bits per heavy atom. The normalized spacial score (nSPS) is 22.2. The number of piperidine rings is 1. The SMILES string of the molecule is O=C1CCC2(CCN(C(=O)c3ccsc3)CC2)N1. The van der Waals surface area contributed by atoms with Crippen molar-refractivity contribution in [3.8, 4) is 0 Å². The Hall–Kier alpha value is -1.36. The van der Waals surface area contributed by atoms with Crippen molar-refractivity contribution in [3.63, 3.8) is 0 Å². The minimum atomic E-state index is -0.0253. The van der Waals surface area contributed by atoms with Crippen LogP contribution in [-0.4, -0.2) is 35.3 Å². The molecule has 1 aromatic rings. The number of thiophene rings is 1. The minimum absolute atomic E-state index is 0.0253. The maximum absolute atomic E-state index is 12.2. The molecular weight excluding hydrogens is 248 g/mol. The van der Waals surface area contributed by atoms with Gasteiger partial charge >= 0.3 is 0 Å². The second-order valence-corrected chi connectivity index (χ2v) is 5.91. The third-order valence-corrected chi connectivity index (χ3v) is 4.69. The molecule has 96 valence electrons. The summed E-state index contributed by atoms with van der Waals surface area (Å²) in [4.78, 5) is 25.4. The summed E-state index contributed by atoms with van der Waals surface area (Å²) in [5.41, 5.74) is 0.758. The summed E-state index contributed by atoms with van der Waals surface area (Å²) in [7, 11) is 0. The average molecular weight is 264 g/mol. The van der Waals surface area contributed by atoms with Gasteiger partial charge in [0.2, 0.25) is 5.91 Å². The lowest BCUT2D eigenvalue weighted by Crippen LogP contribution is -2.52. The Morgan fingerprint density at radius 1 is 1.33 bits per heavy atom. The monoisotopic (exact) mass is 264 g/mol. The van der Waals surface area contributed by atoms with E-state index in [-0.39, 0.29) is 17.4 Å². The van der Waals surface area contributed by atoms with Crippen LogP contribution in [0.15, 0.2) is 16.8 Å². The fourth-order valence-corrected chi connectivity index (χ4v) is 3.48. The van der Waals surface area contributed by atoms with E-state index in [1.165, 1.54) is 0 Å². The summed E-state index contributed by atoms with van der Waals surface area (Å²) >= 11 is 1.55. The zero-order valence-corrected chi connectivity index (χ0v) is 11.0. The Morgan fingerprint density at radius 2 is 2.11 bits per heavy atom. The summed E-state index contributed by atoms with van der Waals surface area (Å²) in [5.74, 6) is 0.281. The third-order valence-electron chi connectivity index (χ3n) is 4.01. The topological polar surface area (TPSA) is 49.4 Å². The highest BCUT2D eigenvalue weighted by atomic mass is 32.1. The van der Waals surface area contributed by atoms with Gasteiger partial charge in [0.1, 0.15) is 0 Å². The first kappa shape index (κ1) is 11.7. The van der Waals surface area contributed by atoms with Gasteiger partial charge in [0, 0.05) is 30.4 Å². The second-order valence-electron chi connectivity index (χ2n) is 5.13. The van der Waals surface area contributed by atoms with E-state index in [1.807, 2.05) is 21.7 Å². The summed E-state index contributed by atoms with van der Waals surface area (Å²) in [6.45, 7) is 1.49. The van der Waals surface area contributed by atoms with Gasteiger partial charge in [-0.1, -0.05) is 0 Å². The molecule has 0 aliphatic carbocycles. The number of amides is 2. The molecule has 2 aliphatic heterocycles. The molecule has 3 rings (SSSR count). The molecule has 18 heavy (non-hydrogen) atoms. The predicted octanol–water partition coefficient (Wildman–Crippen LogP) is 1.63. The van der Waals surface area contributed by atoms with E-state index in [0.29, 0.717) is 6.42 Å². The van der Waals surface area contributed by atoms with Crippen molar-refractivity contribution in [1.29, 1.82) is 0 Å². The molecule has 2 amide bonds. The summed E-state index contributed by atoms with van der Waals surface area (Å²) < 4.78 is 0.